The number of amides is 1. The van der Waals surface area contributed by atoms with Crippen molar-refractivity contribution in [3.8, 4) is 0 Å². The molecule has 0 saturated carbocycles. The summed E-state index contributed by atoms with van der Waals surface area (Å²) in [6.45, 7) is 12.0. The summed E-state index contributed by atoms with van der Waals surface area (Å²) in [4.78, 5) is 21.8. The Balaban J connectivity index is 2.12. The summed E-state index contributed by atoms with van der Waals surface area (Å²) in [5.41, 5.74) is -0.778. The van der Waals surface area contributed by atoms with E-state index in [0.717, 1.165) is 17.8 Å². The van der Waals surface area contributed by atoms with Crippen LogP contribution in [-0.2, 0) is 17.4 Å². The fraction of sp³-hybridized carbons (Fsp3) is 0.625. The van der Waals surface area contributed by atoms with Gasteiger partial charge in [-0.2, -0.15) is 4.98 Å². The molecule has 0 radical (unpaired) electrons. The molecule has 0 spiro atoms. The smallest absolute Gasteiger partial charge is 0.263 e. The minimum Gasteiger partial charge on any atom is -0.339 e. The van der Waals surface area contributed by atoms with Crippen molar-refractivity contribution in [1.82, 2.24) is 20.4 Å². The van der Waals surface area contributed by atoms with Crippen molar-refractivity contribution in [3.63, 3.8) is 0 Å². The summed E-state index contributed by atoms with van der Waals surface area (Å²) in [6, 6.07) is 0. The lowest BCUT2D eigenvalue weighted by Crippen LogP contribution is -2.41. The van der Waals surface area contributed by atoms with E-state index in [2.05, 4.69) is 41.2 Å². The summed E-state index contributed by atoms with van der Waals surface area (Å²) in [5.74, 6) is 0.900. The van der Waals surface area contributed by atoms with Crippen molar-refractivity contribution in [2.24, 2.45) is 0 Å². The molecule has 0 aromatic carbocycles. The van der Waals surface area contributed by atoms with Crippen LogP contribution in [0.3, 0.4) is 0 Å². The van der Waals surface area contributed by atoms with Crippen LogP contribution < -0.4 is 5.32 Å². The second-order valence-corrected chi connectivity index (χ2v) is 8.15. The number of rotatable bonds is 5. The molecule has 0 atom stereocenters. The molecule has 0 saturated heterocycles. The Hall–Kier alpha value is -1.76. The third-order valence-corrected chi connectivity index (χ3v) is 4.71. The van der Waals surface area contributed by atoms with Crippen LogP contribution in [0.1, 0.15) is 74.4 Å². The summed E-state index contributed by atoms with van der Waals surface area (Å²) in [6.07, 6.45) is 3.29. The van der Waals surface area contributed by atoms with E-state index in [1.54, 1.807) is 6.20 Å². The molecule has 126 valence electrons. The van der Waals surface area contributed by atoms with E-state index in [-0.39, 0.29) is 11.3 Å². The lowest BCUT2D eigenvalue weighted by molar-refractivity contribution is 0.0911. The van der Waals surface area contributed by atoms with Crippen LogP contribution in [-0.4, -0.2) is 21.0 Å². The highest BCUT2D eigenvalue weighted by Crippen LogP contribution is 2.27. The van der Waals surface area contributed by atoms with E-state index in [1.807, 2.05) is 20.8 Å². The third-order valence-electron chi connectivity index (χ3n) is 3.29. The SMILES string of the molecule is CCCc1nc(C(C)(C)NC(=O)c2cnc(C(C)(C)C)s2)no1. The molecule has 0 bridgehead atoms. The summed E-state index contributed by atoms with van der Waals surface area (Å²) in [7, 11) is 0. The highest BCUT2D eigenvalue weighted by Gasteiger charge is 2.30. The Bertz CT molecular complexity index is 682. The Labute approximate surface area is 140 Å². The van der Waals surface area contributed by atoms with E-state index in [0.29, 0.717) is 16.6 Å². The zero-order chi connectivity index (χ0) is 17.3. The van der Waals surface area contributed by atoms with Gasteiger partial charge in [0.15, 0.2) is 5.82 Å². The molecule has 7 heteroatoms. The van der Waals surface area contributed by atoms with Gasteiger partial charge in [0.1, 0.15) is 4.88 Å². The average molecular weight is 336 g/mol. The lowest BCUT2D eigenvalue weighted by Gasteiger charge is -2.21. The van der Waals surface area contributed by atoms with E-state index >= 15 is 0 Å². The minimum atomic E-state index is -0.710. The van der Waals surface area contributed by atoms with Gasteiger partial charge in [-0.05, 0) is 20.3 Å². The van der Waals surface area contributed by atoms with Crippen molar-refractivity contribution in [2.45, 2.75) is 65.3 Å². The van der Waals surface area contributed by atoms with Crippen LogP contribution in [0.15, 0.2) is 10.7 Å². The Morgan fingerprint density at radius 1 is 1.30 bits per heavy atom. The van der Waals surface area contributed by atoms with Gasteiger partial charge >= 0.3 is 0 Å². The quantitative estimate of drug-likeness (QED) is 0.904. The monoisotopic (exact) mass is 336 g/mol. The Morgan fingerprint density at radius 3 is 2.57 bits per heavy atom. The van der Waals surface area contributed by atoms with Crippen LogP contribution in [0.25, 0.3) is 0 Å². The standard InChI is InChI=1S/C16H24N4O2S/c1-7-8-11-18-13(20-22-11)16(5,6)19-12(21)10-9-17-14(23-10)15(2,3)4/h9H,7-8H2,1-6H3,(H,19,21). The van der Waals surface area contributed by atoms with Crippen LogP contribution >= 0.6 is 11.3 Å². The fourth-order valence-corrected chi connectivity index (χ4v) is 2.82. The summed E-state index contributed by atoms with van der Waals surface area (Å²) >= 11 is 1.41. The third kappa shape index (κ3) is 4.16. The maximum atomic E-state index is 12.5. The van der Waals surface area contributed by atoms with Crippen molar-refractivity contribution in [2.75, 3.05) is 0 Å². The van der Waals surface area contributed by atoms with Crippen LogP contribution in [0.2, 0.25) is 0 Å². The molecule has 0 aliphatic heterocycles. The first kappa shape index (κ1) is 17.6. The highest BCUT2D eigenvalue weighted by atomic mass is 32.1. The first-order valence-corrected chi connectivity index (χ1v) is 8.57. The first-order valence-electron chi connectivity index (χ1n) is 7.75. The number of aromatic nitrogens is 3. The number of nitrogens with zero attached hydrogens (tertiary/aromatic N) is 3. The van der Waals surface area contributed by atoms with Gasteiger partial charge in [0.25, 0.3) is 5.91 Å². The van der Waals surface area contributed by atoms with Gasteiger partial charge in [-0.25, -0.2) is 4.98 Å². The predicted molar refractivity (Wildman–Crippen MR) is 89.6 cm³/mol. The van der Waals surface area contributed by atoms with Gasteiger partial charge in [0.2, 0.25) is 5.89 Å². The van der Waals surface area contributed by atoms with E-state index < -0.39 is 5.54 Å². The maximum Gasteiger partial charge on any atom is 0.263 e. The highest BCUT2D eigenvalue weighted by molar-refractivity contribution is 7.13. The van der Waals surface area contributed by atoms with Gasteiger partial charge < -0.3 is 9.84 Å². The molecular formula is C16H24N4O2S. The molecule has 0 unspecified atom stereocenters. The predicted octanol–water partition coefficient (Wildman–Crippen LogP) is 3.44. The molecule has 0 aliphatic rings. The number of hydrogen-bond donors (Lipinski definition) is 1. The molecular weight excluding hydrogens is 312 g/mol. The molecule has 0 fully saturated rings. The average Bonchev–Trinajstić information content (AvgIpc) is 3.06. The van der Waals surface area contributed by atoms with Crippen molar-refractivity contribution in [3.05, 3.63) is 27.8 Å². The molecule has 1 N–H and O–H groups in total. The van der Waals surface area contributed by atoms with Gasteiger partial charge in [0.05, 0.1) is 16.7 Å². The molecule has 1 amide bonds. The maximum absolute atomic E-state index is 12.5. The zero-order valence-corrected chi connectivity index (χ0v) is 15.4. The number of carbonyl (C=O) groups is 1. The number of nitrogens with one attached hydrogen (secondary N) is 1. The van der Waals surface area contributed by atoms with Crippen LogP contribution in [0.5, 0.6) is 0 Å². The Morgan fingerprint density at radius 2 is 2.00 bits per heavy atom. The van der Waals surface area contributed by atoms with E-state index in [1.165, 1.54) is 11.3 Å². The van der Waals surface area contributed by atoms with Gasteiger partial charge in [0, 0.05) is 11.8 Å². The molecule has 2 aromatic rings. The number of hydrogen-bond acceptors (Lipinski definition) is 6. The topological polar surface area (TPSA) is 80.9 Å². The van der Waals surface area contributed by atoms with Gasteiger partial charge in [-0.3, -0.25) is 4.79 Å². The number of carbonyl (C=O) groups excluding carboxylic acids is 1. The molecule has 2 rings (SSSR count). The van der Waals surface area contributed by atoms with E-state index in [9.17, 15) is 4.79 Å². The van der Waals surface area contributed by atoms with Crippen LogP contribution in [0.4, 0.5) is 0 Å². The Kier molecular flexibility index (Phi) is 4.89. The second-order valence-electron chi connectivity index (χ2n) is 7.12. The van der Waals surface area contributed by atoms with Crippen molar-refractivity contribution in [1.29, 1.82) is 0 Å². The minimum absolute atomic E-state index is 0.0680. The molecule has 0 aliphatic carbocycles. The summed E-state index contributed by atoms with van der Waals surface area (Å²) < 4.78 is 5.21. The summed E-state index contributed by atoms with van der Waals surface area (Å²) in [5, 5.41) is 7.88. The van der Waals surface area contributed by atoms with Crippen molar-refractivity contribution >= 4 is 17.2 Å². The lowest BCUT2D eigenvalue weighted by atomic mass is 9.98. The molecule has 2 heterocycles. The number of thiazole rings is 1. The van der Waals surface area contributed by atoms with Crippen molar-refractivity contribution < 1.29 is 9.32 Å². The van der Waals surface area contributed by atoms with Crippen LogP contribution in [0, 0.1) is 0 Å². The molecule has 23 heavy (non-hydrogen) atoms. The largest absolute Gasteiger partial charge is 0.339 e. The molecule has 6 nitrogen and oxygen atoms in total. The van der Waals surface area contributed by atoms with Gasteiger partial charge in [-0.1, -0.05) is 32.9 Å². The number of aryl methyl sites for hydroxylation is 1. The fourth-order valence-electron chi connectivity index (χ4n) is 1.95. The normalized spacial score (nSPS) is 12.4. The second kappa shape index (κ2) is 6.39. The first-order chi connectivity index (χ1) is 10.6. The zero-order valence-electron chi connectivity index (χ0n) is 14.6. The van der Waals surface area contributed by atoms with Gasteiger partial charge in [-0.15, -0.1) is 11.3 Å². The van der Waals surface area contributed by atoms with E-state index in [4.69, 9.17) is 4.52 Å². The molecule has 2 aromatic heterocycles.